The second-order valence-electron chi connectivity index (χ2n) is 7.11. The quantitative estimate of drug-likeness (QED) is 0.800. The van der Waals surface area contributed by atoms with Crippen LogP contribution >= 0.6 is 0 Å². The van der Waals surface area contributed by atoms with Crippen LogP contribution in [0, 0.1) is 5.92 Å². The van der Waals surface area contributed by atoms with E-state index in [1.165, 1.54) is 11.1 Å². The molecule has 2 bridgehead atoms. The molecule has 4 aliphatic rings. The third-order valence-corrected chi connectivity index (χ3v) is 6.35. The summed E-state index contributed by atoms with van der Waals surface area (Å²) in [6.07, 6.45) is 5.54. The summed E-state index contributed by atoms with van der Waals surface area (Å²) in [5, 5.41) is 10.6. The van der Waals surface area contributed by atoms with E-state index in [1.54, 1.807) is 7.11 Å². The molecule has 116 valence electrons. The van der Waals surface area contributed by atoms with E-state index < -0.39 is 6.10 Å². The number of aliphatic hydroxyl groups excluding tert-OH is 1. The Hall–Kier alpha value is -1.52. The zero-order chi connectivity index (χ0) is 15.1. The first-order chi connectivity index (χ1) is 10.7. The number of rotatable bonds is 1. The summed E-state index contributed by atoms with van der Waals surface area (Å²) in [5.74, 6) is 2.09. The van der Waals surface area contributed by atoms with Crippen molar-refractivity contribution in [1.82, 2.24) is 4.90 Å². The second kappa shape index (κ2) is 4.06. The molecule has 1 aromatic rings. The van der Waals surface area contributed by atoms with Crippen LogP contribution in [-0.2, 0) is 11.8 Å². The van der Waals surface area contributed by atoms with Gasteiger partial charge in [0.05, 0.1) is 7.11 Å². The number of likely N-dealkylation sites (tertiary alicyclic amines) is 1. The van der Waals surface area contributed by atoms with Gasteiger partial charge in [-0.1, -0.05) is 18.2 Å². The van der Waals surface area contributed by atoms with Crippen molar-refractivity contribution in [2.75, 3.05) is 20.7 Å². The molecule has 0 aromatic heterocycles. The van der Waals surface area contributed by atoms with Crippen molar-refractivity contribution in [2.45, 2.75) is 36.5 Å². The van der Waals surface area contributed by atoms with Gasteiger partial charge in [-0.3, -0.25) is 0 Å². The van der Waals surface area contributed by atoms with Crippen molar-refractivity contribution < 1.29 is 16.0 Å². The van der Waals surface area contributed by atoms with Crippen LogP contribution in [0.1, 0.15) is 19.0 Å². The molecule has 0 unspecified atom stereocenters. The Kier molecular flexibility index (Phi) is 2.39. The molecule has 4 heteroatoms. The minimum absolute atomic E-state index is 0. The molecule has 1 saturated heterocycles. The van der Waals surface area contributed by atoms with Gasteiger partial charge < -0.3 is 19.5 Å². The molecule has 1 N–H and O–H groups in total. The smallest absolute Gasteiger partial charge is 0.493 e. The first kappa shape index (κ1) is 13.0. The van der Waals surface area contributed by atoms with Gasteiger partial charge >= 0.3 is 1.43 Å². The van der Waals surface area contributed by atoms with E-state index in [0.29, 0.717) is 12.0 Å². The molecule has 2 aliphatic heterocycles. The highest BCUT2D eigenvalue weighted by Crippen LogP contribution is 2.62. The fourth-order valence-corrected chi connectivity index (χ4v) is 5.39. The average Bonchev–Trinajstić information content (AvgIpc) is 2.88. The van der Waals surface area contributed by atoms with Crippen molar-refractivity contribution in [1.29, 1.82) is 0 Å². The lowest BCUT2D eigenvalue weighted by Gasteiger charge is -2.56. The van der Waals surface area contributed by atoms with E-state index in [-0.39, 0.29) is 12.9 Å². The fourth-order valence-electron chi connectivity index (χ4n) is 5.39. The molecule has 1 spiro atoms. The Balaban J connectivity index is 0.00000135. The number of methoxy groups -OCH3 is 1. The molecule has 5 rings (SSSR count). The first-order valence-electron chi connectivity index (χ1n) is 8.10. The lowest BCUT2D eigenvalue weighted by Crippen LogP contribution is -2.64. The molecule has 1 fully saturated rings. The zero-order valence-corrected chi connectivity index (χ0v) is 13.0. The highest BCUT2D eigenvalue weighted by Gasteiger charge is 2.64. The number of nitrogens with zero attached hydrogens (tertiary/aromatic N) is 1. The third kappa shape index (κ3) is 1.28. The largest absolute Gasteiger partial charge is 1.00 e. The van der Waals surface area contributed by atoms with Crippen LogP contribution in [0.25, 0.3) is 0 Å². The van der Waals surface area contributed by atoms with E-state index in [1.807, 2.05) is 12.1 Å². The zero-order valence-electron chi connectivity index (χ0n) is 14.0. The van der Waals surface area contributed by atoms with Gasteiger partial charge in [-0.15, -0.1) is 0 Å². The lowest BCUT2D eigenvalue weighted by atomic mass is 9.53. The van der Waals surface area contributed by atoms with Crippen LogP contribution in [0.5, 0.6) is 11.5 Å². The maximum Gasteiger partial charge on any atom is 1.00 e. The summed E-state index contributed by atoms with van der Waals surface area (Å²) in [7, 11) is 3.91. The maximum absolute atomic E-state index is 10.6. The number of hydrogen-bond donors (Lipinski definition) is 1. The summed E-state index contributed by atoms with van der Waals surface area (Å²) >= 11 is 0. The van der Waals surface area contributed by atoms with Crippen LogP contribution in [0.4, 0.5) is 0 Å². The molecular formula is C18H22NO3+. The molecule has 4 nitrogen and oxygen atoms in total. The molecule has 5 atom stereocenters. The summed E-state index contributed by atoms with van der Waals surface area (Å²) in [6, 6.07) is 4.70. The van der Waals surface area contributed by atoms with Crippen LogP contribution in [0.2, 0.25) is 0 Å². The monoisotopic (exact) mass is 300 g/mol. The van der Waals surface area contributed by atoms with Crippen molar-refractivity contribution >= 4 is 0 Å². The molecule has 0 amide bonds. The lowest BCUT2D eigenvalue weighted by molar-refractivity contribution is -0.0453. The normalized spacial score (nSPS) is 41.0. The Bertz CT molecular complexity index is 691. The van der Waals surface area contributed by atoms with Crippen LogP contribution in [0.15, 0.2) is 24.3 Å². The Morgan fingerprint density at radius 1 is 1.41 bits per heavy atom. The molecule has 0 radical (unpaired) electrons. The number of aliphatic hydroxyl groups is 1. The second-order valence-corrected chi connectivity index (χ2v) is 7.11. The summed E-state index contributed by atoms with van der Waals surface area (Å²) in [6.45, 7) is 1.05. The van der Waals surface area contributed by atoms with E-state index in [0.717, 1.165) is 30.9 Å². The molecule has 1 aromatic carbocycles. The summed E-state index contributed by atoms with van der Waals surface area (Å²) in [5.41, 5.74) is 2.60. The predicted octanol–water partition coefficient (Wildman–Crippen LogP) is 1.61. The first-order valence-corrected chi connectivity index (χ1v) is 8.10. The van der Waals surface area contributed by atoms with E-state index in [4.69, 9.17) is 9.47 Å². The molecule has 0 saturated carbocycles. The number of benzene rings is 1. The number of piperidine rings is 1. The highest BCUT2D eigenvalue weighted by atomic mass is 16.5. The SMILES string of the molecule is COc1ccc2c3c1O[C@H]1[C@@H](O)C=C[C@H]4[C@@H](C2)N(C)CC[C@@]341.[H+]. The predicted molar refractivity (Wildman–Crippen MR) is 83.6 cm³/mol. The van der Waals surface area contributed by atoms with E-state index in [9.17, 15) is 5.11 Å². The topological polar surface area (TPSA) is 41.9 Å². The van der Waals surface area contributed by atoms with Crippen LogP contribution in [-0.4, -0.2) is 49.0 Å². The summed E-state index contributed by atoms with van der Waals surface area (Å²) in [4.78, 5) is 2.47. The molecular weight excluding hydrogens is 278 g/mol. The number of likely N-dealkylation sites (N-methyl/N-ethyl adjacent to an activating group) is 1. The third-order valence-electron chi connectivity index (χ3n) is 6.35. The van der Waals surface area contributed by atoms with Gasteiger partial charge in [-0.05, 0) is 38.1 Å². The van der Waals surface area contributed by atoms with Crippen molar-refractivity contribution in [3.05, 3.63) is 35.4 Å². The van der Waals surface area contributed by atoms with Crippen molar-refractivity contribution in [2.24, 2.45) is 5.92 Å². The Labute approximate surface area is 131 Å². The molecule has 2 heterocycles. The number of hydrogen-bond acceptors (Lipinski definition) is 4. The Morgan fingerprint density at radius 2 is 2.27 bits per heavy atom. The van der Waals surface area contributed by atoms with Crippen molar-refractivity contribution in [3.8, 4) is 11.5 Å². The van der Waals surface area contributed by atoms with Gasteiger partial charge in [-0.2, -0.15) is 0 Å². The van der Waals surface area contributed by atoms with Gasteiger partial charge in [0.2, 0.25) is 0 Å². The highest BCUT2D eigenvalue weighted by molar-refractivity contribution is 5.62. The van der Waals surface area contributed by atoms with Gasteiger partial charge in [0, 0.05) is 22.9 Å². The fraction of sp³-hybridized carbons (Fsp3) is 0.556. The standard InChI is InChI=1S/C18H21NO3/c1-19-8-7-18-11-4-5-13(20)17(18)22-16-14(21-2)6-3-10(15(16)18)9-12(11)19/h3-6,11-13,17,20H,7-9H2,1-2H3/p+1/t11-,12+,13-,17-,18-/m0/s1. The average molecular weight is 300 g/mol. The minimum Gasteiger partial charge on any atom is -0.493 e. The Morgan fingerprint density at radius 3 is 3.09 bits per heavy atom. The van der Waals surface area contributed by atoms with E-state index in [2.05, 4.69) is 24.1 Å². The van der Waals surface area contributed by atoms with Crippen molar-refractivity contribution in [3.63, 3.8) is 0 Å². The summed E-state index contributed by atoms with van der Waals surface area (Å²) < 4.78 is 11.8. The van der Waals surface area contributed by atoms with E-state index >= 15 is 0 Å². The van der Waals surface area contributed by atoms with Crippen LogP contribution < -0.4 is 9.47 Å². The van der Waals surface area contributed by atoms with Gasteiger partial charge in [-0.25, -0.2) is 0 Å². The minimum atomic E-state index is -0.539. The maximum atomic E-state index is 10.6. The van der Waals surface area contributed by atoms with Gasteiger partial charge in [0.25, 0.3) is 0 Å². The molecule has 22 heavy (non-hydrogen) atoms. The molecule has 2 aliphatic carbocycles. The van der Waals surface area contributed by atoms with Crippen LogP contribution in [0.3, 0.4) is 0 Å². The number of ether oxygens (including phenoxy) is 2. The van der Waals surface area contributed by atoms with Gasteiger partial charge in [0.15, 0.2) is 11.5 Å². The van der Waals surface area contributed by atoms with Gasteiger partial charge in [0.1, 0.15) is 12.2 Å².